The van der Waals surface area contributed by atoms with Crippen LogP contribution in [0.2, 0.25) is 0 Å². The summed E-state index contributed by atoms with van der Waals surface area (Å²) in [5.41, 5.74) is 4.40. The van der Waals surface area contributed by atoms with Crippen LogP contribution >= 0.6 is 0 Å². The number of benzene rings is 1. The zero-order valence-electron chi connectivity index (χ0n) is 17.5. The molecule has 4 heterocycles. The quantitative estimate of drug-likeness (QED) is 0.485. The molecule has 0 saturated carbocycles. The molecule has 7 heteroatoms. The van der Waals surface area contributed by atoms with Crippen LogP contribution in [0.5, 0.6) is 0 Å². The number of rotatable bonds is 4. The second-order valence-electron chi connectivity index (χ2n) is 7.86. The zero-order chi connectivity index (χ0) is 21.4. The van der Waals surface area contributed by atoms with Crippen molar-refractivity contribution < 1.29 is 4.39 Å². The minimum atomic E-state index is -0.186. The number of hydrogen-bond acceptors (Lipinski definition) is 4. The molecule has 3 aromatic heterocycles. The first-order valence-electron chi connectivity index (χ1n) is 10.4. The minimum Gasteiger partial charge on any atom is -0.304 e. The topological polar surface area (TPSA) is 61.4 Å². The molecule has 0 amide bonds. The molecule has 0 fully saturated rings. The van der Waals surface area contributed by atoms with Gasteiger partial charge in [0.1, 0.15) is 11.6 Å². The molecule has 1 aromatic carbocycles. The van der Waals surface area contributed by atoms with Gasteiger partial charge in [0.05, 0.1) is 29.1 Å². The molecule has 1 aliphatic heterocycles. The largest absolute Gasteiger partial charge is 0.304 e. The molecule has 4 aromatic rings. The lowest BCUT2D eigenvalue weighted by Crippen LogP contribution is -2.18. The Morgan fingerprint density at radius 2 is 1.94 bits per heavy atom. The van der Waals surface area contributed by atoms with Gasteiger partial charge in [0, 0.05) is 18.7 Å². The van der Waals surface area contributed by atoms with Gasteiger partial charge in [0.25, 0.3) is 0 Å². The van der Waals surface area contributed by atoms with E-state index in [1.807, 2.05) is 65.7 Å². The Labute approximate surface area is 180 Å². The lowest BCUT2D eigenvalue weighted by atomic mass is 9.91. The van der Waals surface area contributed by atoms with E-state index in [-0.39, 0.29) is 11.7 Å². The molecular weight excluding hydrogens is 391 g/mol. The SMILES string of the molecule is Cc1cn(-c2ccc(/C=C/c3nc4n(n3)CCC[C@@H]4c3ccccc3F)nc2C)cn1. The number of hydrogen-bond donors (Lipinski definition) is 0. The highest BCUT2D eigenvalue weighted by atomic mass is 19.1. The van der Waals surface area contributed by atoms with E-state index in [1.54, 1.807) is 12.4 Å². The Kier molecular flexibility index (Phi) is 4.94. The van der Waals surface area contributed by atoms with E-state index >= 15 is 0 Å². The van der Waals surface area contributed by atoms with Crippen molar-refractivity contribution in [1.29, 1.82) is 0 Å². The van der Waals surface area contributed by atoms with Gasteiger partial charge in [-0.25, -0.2) is 19.0 Å². The highest BCUT2D eigenvalue weighted by molar-refractivity contribution is 5.65. The average Bonchev–Trinajstić information content (AvgIpc) is 3.38. The summed E-state index contributed by atoms with van der Waals surface area (Å²) in [5, 5.41) is 4.62. The smallest absolute Gasteiger partial charge is 0.174 e. The standard InChI is InChI=1S/C24H23FN6/c1-16-14-30(15-26-16)22-11-9-18(27-17(22)2)10-12-23-28-24-20(7-5-13-31(24)29-23)19-6-3-4-8-21(19)25/h3-4,6,8-12,14-15,20H,5,7,13H2,1-2H3/b12-10+/t20-/m1/s1. The molecule has 31 heavy (non-hydrogen) atoms. The second kappa shape index (κ2) is 7.91. The Hall–Kier alpha value is -3.61. The van der Waals surface area contributed by atoms with Crippen molar-refractivity contribution in [1.82, 2.24) is 29.3 Å². The van der Waals surface area contributed by atoms with Gasteiger partial charge in [0.15, 0.2) is 5.82 Å². The summed E-state index contributed by atoms with van der Waals surface area (Å²) < 4.78 is 18.2. The number of nitrogens with zero attached hydrogens (tertiary/aromatic N) is 6. The zero-order valence-corrected chi connectivity index (χ0v) is 17.5. The molecule has 0 bridgehead atoms. The molecule has 0 N–H and O–H groups in total. The third kappa shape index (κ3) is 3.79. The van der Waals surface area contributed by atoms with E-state index in [0.717, 1.165) is 48.0 Å². The van der Waals surface area contributed by atoms with Gasteiger partial charge in [-0.1, -0.05) is 18.2 Å². The molecule has 0 radical (unpaired) electrons. The Balaban J connectivity index is 1.40. The lowest BCUT2D eigenvalue weighted by Gasteiger charge is -2.22. The summed E-state index contributed by atoms with van der Waals surface area (Å²) >= 11 is 0. The van der Waals surface area contributed by atoms with Crippen LogP contribution in [0, 0.1) is 19.7 Å². The Bertz CT molecular complexity index is 1270. The number of aromatic nitrogens is 6. The fourth-order valence-electron chi connectivity index (χ4n) is 4.14. The van der Waals surface area contributed by atoms with Crippen molar-refractivity contribution in [3.63, 3.8) is 0 Å². The van der Waals surface area contributed by atoms with Crippen LogP contribution in [0.15, 0.2) is 48.9 Å². The maximum atomic E-state index is 14.4. The number of imidazole rings is 1. The van der Waals surface area contributed by atoms with Crippen LogP contribution in [0.4, 0.5) is 4.39 Å². The highest BCUT2D eigenvalue weighted by Gasteiger charge is 2.27. The number of halogens is 1. The van der Waals surface area contributed by atoms with Crippen molar-refractivity contribution in [2.24, 2.45) is 0 Å². The van der Waals surface area contributed by atoms with E-state index in [0.29, 0.717) is 11.4 Å². The fraction of sp³-hybridized carbons (Fsp3) is 0.250. The predicted molar refractivity (Wildman–Crippen MR) is 117 cm³/mol. The number of aryl methyl sites for hydroxylation is 3. The van der Waals surface area contributed by atoms with Crippen LogP contribution in [0.1, 0.15) is 53.1 Å². The van der Waals surface area contributed by atoms with Crippen LogP contribution in [-0.2, 0) is 6.54 Å². The van der Waals surface area contributed by atoms with Crippen molar-refractivity contribution in [3.8, 4) is 5.69 Å². The van der Waals surface area contributed by atoms with E-state index in [9.17, 15) is 4.39 Å². The fourth-order valence-corrected chi connectivity index (χ4v) is 4.14. The molecule has 156 valence electrons. The lowest BCUT2D eigenvalue weighted by molar-refractivity contribution is 0.436. The molecule has 0 spiro atoms. The van der Waals surface area contributed by atoms with Gasteiger partial charge in [-0.05, 0) is 62.6 Å². The monoisotopic (exact) mass is 414 g/mol. The first-order chi connectivity index (χ1) is 15.1. The van der Waals surface area contributed by atoms with Crippen LogP contribution in [0.3, 0.4) is 0 Å². The number of fused-ring (bicyclic) bond motifs is 1. The molecular formula is C24H23FN6. The third-order valence-corrected chi connectivity index (χ3v) is 5.64. The normalized spacial score (nSPS) is 16.0. The highest BCUT2D eigenvalue weighted by Crippen LogP contribution is 2.33. The van der Waals surface area contributed by atoms with Crippen LogP contribution in [-0.4, -0.2) is 29.3 Å². The molecule has 6 nitrogen and oxygen atoms in total. The molecule has 1 aliphatic rings. The Morgan fingerprint density at radius 1 is 1.06 bits per heavy atom. The van der Waals surface area contributed by atoms with Crippen molar-refractivity contribution in [2.75, 3.05) is 0 Å². The van der Waals surface area contributed by atoms with Gasteiger partial charge in [-0.15, -0.1) is 0 Å². The molecule has 0 aliphatic carbocycles. The van der Waals surface area contributed by atoms with Gasteiger partial charge in [0.2, 0.25) is 0 Å². The van der Waals surface area contributed by atoms with Crippen molar-refractivity contribution in [2.45, 2.75) is 39.2 Å². The summed E-state index contributed by atoms with van der Waals surface area (Å²) in [6, 6.07) is 10.9. The van der Waals surface area contributed by atoms with Gasteiger partial charge < -0.3 is 4.57 Å². The summed E-state index contributed by atoms with van der Waals surface area (Å²) in [6.45, 7) is 4.75. The van der Waals surface area contributed by atoms with E-state index in [4.69, 9.17) is 4.98 Å². The third-order valence-electron chi connectivity index (χ3n) is 5.64. The maximum absolute atomic E-state index is 14.4. The molecule has 0 unspecified atom stereocenters. The molecule has 0 saturated heterocycles. The predicted octanol–water partition coefficient (Wildman–Crippen LogP) is 4.71. The first-order valence-corrected chi connectivity index (χ1v) is 10.4. The van der Waals surface area contributed by atoms with E-state index < -0.39 is 0 Å². The van der Waals surface area contributed by atoms with Gasteiger partial charge in [-0.3, -0.25) is 4.98 Å². The van der Waals surface area contributed by atoms with E-state index in [1.165, 1.54) is 6.07 Å². The maximum Gasteiger partial charge on any atom is 0.174 e. The van der Waals surface area contributed by atoms with Crippen molar-refractivity contribution in [3.05, 3.63) is 89.0 Å². The number of pyridine rings is 1. The molecule has 1 atom stereocenters. The van der Waals surface area contributed by atoms with Gasteiger partial charge in [-0.2, -0.15) is 5.10 Å². The van der Waals surface area contributed by atoms with Crippen LogP contribution in [0.25, 0.3) is 17.8 Å². The van der Waals surface area contributed by atoms with E-state index in [2.05, 4.69) is 15.1 Å². The second-order valence-corrected chi connectivity index (χ2v) is 7.86. The summed E-state index contributed by atoms with van der Waals surface area (Å²) in [4.78, 5) is 13.7. The average molecular weight is 414 g/mol. The van der Waals surface area contributed by atoms with Crippen LogP contribution < -0.4 is 0 Å². The summed E-state index contributed by atoms with van der Waals surface area (Å²) in [5.74, 6) is 1.19. The summed E-state index contributed by atoms with van der Waals surface area (Å²) in [6.07, 6.45) is 9.38. The van der Waals surface area contributed by atoms with Gasteiger partial charge >= 0.3 is 0 Å². The Morgan fingerprint density at radius 3 is 2.71 bits per heavy atom. The van der Waals surface area contributed by atoms with Crippen molar-refractivity contribution >= 4 is 12.2 Å². The first kappa shape index (κ1) is 19.4. The minimum absolute atomic E-state index is 0.0668. The summed E-state index contributed by atoms with van der Waals surface area (Å²) in [7, 11) is 0. The molecule has 5 rings (SSSR count).